The SMILES string of the molecule is O=C(C[C@H]1CC[C@H]2[C@@H](COC[C@H](O)CN2Cc2cccc(Cl)c2)O1)N1CCOCC1. The minimum atomic E-state index is -0.536. The zero-order chi connectivity index (χ0) is 20.9. The highest BCUT2D eigenvalue weighted by Gasteiger charge is 2.38. The first-order chi connectivity index (χ1) is 14.6. The first kappa shape index (κ1) is 22.0. The highest BCUT2D eigenvalue weighted by molar-refractivity contribution is 6.30. The lowest BCUT2D eigenvalue weighted by Crippen LogP contribution is -2.55. The molecule has 3 saturated heterocycles. The monoisotopic (exact) mass is 438 g/mol. The molecule has 3 aliphatic rings. The number of carbonyl (C=O) groups is 1. The Morgan fingerprint density at radius 2 is 2.00 bits per heavy atom. The second-order valence-corrected chi connectivity index (χ2v) is 8.83. The molecule has 3 fully saturated rings. The van der Waals surface area contributed by atoms with E-state index in [9.17, 15) is 9.90 Å². The van der Waals surface area contributed by atoms with Crippen LogP contribution in [0.4, 0.5) is 0 Å². The van der Waals surface area contributed by atoms with E-state index in [-0.39, 0.29) is 30.8 Å². The van der Waals surface area contributed by atoms with Crippen LogP contribution in [0.2, 0.25) is 5.02 Å². The number of aliphatic hydroxyl groups excluding tert-OH is 1. The molecule has 0 aliphatic carbocycles. The molecule has 3 aliphatic heterocycles. The van der Waals surface area contributed by atoms with E-state index >= 15 is 0 Å². The Morgan fingerprint density at radius 1 is 1.17 bits per heavy atom. The van der Waals surface area contributed by atoms with E-state index in [0.717, 1.165) is 18.4 Å². The molecule has 4 atom stereocenters. The minimum Gasteiger partial charge on any atom is -0.389 e. The normalized spacial score (nSPS) is 30.9. The van der Waals surface area contributed by atoms with E-state index in [1.807, 2.05) is 23.1 Å². The van der Waals surface area contributed by atoms with Gasteiger partial charge >= 0.3 is 0 Å². The van der Waals surface area contributed by atoms with E-state index in [1.165, 1.54) is 0 Å². The lowest BCUT2D eigenvalue weighted by atomic mass is 9.94. The maximum atomic E-state index is 12.6. The number of nitrogens with zero attached hydrogens (tertiary/aromatic N) is 2. The Labute approximate surface area is 182 Å². The fourth-order valence-corrected chi connectivity index (χ4v) is 4.85. The summed E-state index contributed by atoms with van der Waals surface area (Å²) in [6.45, 7) is 4.46. The number of benzene rings is 1. The van der Waals surface area contributed by atoms with Gasteiger partial charge in [0.25, 0.3) is 0 Å². The summed E-state index contributed by atoms with van der Waals surface area (Å²) in [7, 11) is 0. The molecule has 7 nitrogen and oxygen atoms in total. The van der Waals surface area contributed by atoms with Gasteiger partial charge in [-0.3, -0.25) is 9.69 Å². The molecule has 1 amide bonds. The molecule has 30 heavy (non-hydrogen) atoms. The average Bonchev–Trinajstić information content (AvgIpc) is 2.73. The molecule has 0 saturated carbocycles. The highest BCUT2D eigenvalue weighted by Crippen LogP contribution is 2.29. The van der Waals surface area contributed by atoms with Crippen molar-refractivity contribution in [1.29, 1.82) is 0 Å². The van der Waals surface area contributed by atoms with Gasteiger partial charge in [0.2, 0.25) is 5.91 Å². The van der Waals surface area contributed by atoms with Crippen LogP contribution in [0.15, 0.2) is 24.3 Å². The van der Waals surface area contributed by atoms with E-state index in [1.54, 1.807) is 0 Å². The second kappa shape index (κ2) is 10.4. The molecule has 0 aromatic heterocycles. The smallest absolute Gasteiger partial charge is 0.225 e. The summed E-state index contributed by atoms with van der Waals surface area (Å²) in [6.07, 6.45) is 1.38. The predicted molar refractivity (Wildman–Crippen MR) is 112 cm³/mol. The van der Waals surface area contributed by atoms with E-state index in [4.69, 9.17) is 25.8 Å². The summed E-state index contributed by atoms with van der Waals surface area (Å²) in [5.41, 5.74) is 1.11. The van der Waals surface area contributed by atoms with Crippen molar-refractivity contribution in [3.8, 4) is 0 Å². The molecule has 1 N–H and O–H groups in total. The predicted octanol–water partition coefficient (Wildman–Crippen LogP) is 1.70. The number of carbonyl (C=O) groups excluding carboxylic acids is 1. The maximum Gasteiger partial charge on any atom is 0.225 e. The lowest BCUT2D eigenvalue weighted by Gasteiger charge is -2.44. The number of aliphatic hydroxyl groups is 1. The fourth-order valence-electron chi connectivity index (χ4n) is 4.63. The number of amides is 1. The van der Waals surface area contributed by atoms with Crippen molar-refractivity contribution in [2.24, 2.45) is 0 Å². The Kier molecular flexibility index (Phi) is 7.62. The Bertz CT molecular complexity index is 715. The van der Waals surface area contributed by atoms with Gasteiger partial charge in [-0.05, 0) is 30.5 Å². The van der Waals surface area contributed by atoms with Crippen LogP contribution < -0.4 is 0 Å². The van der Waals surface area contributed by atoms with Crippen LogP contribution in [0.25, 0.3) is 0 Å². The van der Waals surface area contributed by atoms with Crippen LogP contribution in [0.3, 0.4) is 0 Å². The molecule has 1 aromatic carbocycles. The number of ether oxygens (including phenoxy) is 3. The third-order valence-electron chi connectivity index (χ3n) is 6.13. The average molecular weight is 439 g/mol. The van der Waals surface area contributed by atoms with Crippen molar-refractivity contribution < 1.29 is 24.1 Å². The molecule has 3 heterocycles. The molecule has 0 bridgehead atoms. The van der Waals surface area contributed by atoms with Crippen molar-refractivity contribution in [3.05, 3.63) is 34.9 Å². The molecule has 0 spiro atoms. The Balaban J connectivity index is 1.40. The zero-order valence-corrected chi connectivity index (χ0v) is 18.0. The maximum absolute atomic E-state index is 12.6. The van der Waals surface area contributed by atoms with Crippen molar-refractivity contribution in [1.82, 2.24) is 9.80 Å². The summed E-state index contributed by atoms with van der Waals surface area (Å²) in [6, 6.07) is 7.96. The fraction of sp³-hybridized carbons (Fsp3) is 0.682. The standard InChI is InChI=1S/C22H31ClN2O5/c23-17-3-1-2-16(10-17)12-25-13-18(26)14-29-15-21-20(25)5-4-19(30-21)11-22(27)24-6-8-28-9-7-24/h1-3,10,18-21,26H,4-9,11-15H2/t18-,19-,20+,21-/m1/s1. The summed E-state index contributed by atoms with van der Waals surface area (Å²) < 4.78 is 17.4. The molecular weight excluding hydrogens is 408 g/mol. The molecular formula is C22H31ClN2O5. The number of hydrogen-bond acceptors (Lipinski definition) is 6. The number of hydrogen-bond donors (Lipinski definition) is 1. The van der Waals surface area contributed by atoms with E-state index in [0.29, 0.717) is 57.4 Å². The third-order valence-corrected chi connectivity index (χ3v) is 6.36. The van der Waals surface area contributed by atoms with E-state index < -0.39 is 6.10 Å². The number of rotatable bonds is 4. The van der Waals surface area contributed by atoms with Crippen LogP contribution in [0, 0.1) is 0 Å². The summed E-state index contributed by atoms with van der Waals surface area (Å²) >= 11 is 6.16. The number of halogens is 1. The van der Waals surface area contributed by atoms with Crippen molar-refractivity contribution in [3.63, 3.8) is 0 Å². The van der Waals surface area contributed by atoms with Gasteiger partial charge in [0, 0.05) is 37.2 Å². The van der Waals surface area contributed by atoms with E-state index in [2.05, 4.69) is 11.0 Å². The van der Waals surface area contributed by atoms with Gasteiger partial charge < -0.3 is 24.2 Å². The number of β-amino-alcohol motifs (C(OH)–C–C–N with tert-alkyl or cyclic N) is 1. The van der Waals surface area contributed by atoms with Crippen molar-refractivity contribution >= 4 is 17.5 Å². The van der Waals surface area contributed by atoms with Gasteiger partial charge in [-0.15, -0.1) is 0 Å². The highest BCUT2D eigenvalue weighted by atomic mass is 35.5. The molecule has 0 unspecified atom stereocenters. The summed E-state index contributed by atoms with van der Waals surface area (Å²) in [4.78, 5) is 16.8. The molecule has 0 radical (unpaired) electrons. The molecule has 4 rings (SSSR count). The van der Waals surface area contributed by atoms with Crippen LogP contribution in [0.5, 0.6) is 0 Å². The van der Waals surface area contributed by atoms with Gasteiger partial charge in [-0.2, -0.15) is 0 Å². The second-order valence-electron chi connectivity index (χ2n) is 8.39. The van der Waals surface area contributed by atoms with Gasteiger partial charge in [0.1, 0.15) is 0 Å². The first-order valence-corrected chi connectivity index (χ1v) is 11.2. The summed E-state index contributed by atoms with van der Waals surface area (Å²) in [5.74, 6) is 0.139. The minimum absolute atomic E-state index is 0.0948. The third kappa shape index (κ3) is 5.72. The zero-order valence-electron chi connectivity index (χ0n) is 17.2. The Morgan fingerprint density at radius 3 is 2.80 bits per heavy atom. The van der Waals surface area contributed by atoms with Gasteiger partial charge in [0.15, 0.2) is 0 Å². The summed E-state index contributed by atoms with van der Waals surface area (Å²) in [5, 5.41) is 11.0. The van der Waals surface area contributed by atoms with Gasteiger partial charge in [-0.25, -0.2) is 0 Å². The van der Waals surface area contributed by atoms with Crippen molar-refractivity contribution in [2.75, 3.05) is 46.1 Å². The van der Waals surface area contributed by atoms with Crippen LogP contribution >= 0.6 is 11.6 Å². The van der Waals surface area contributed by atoms with Gasteiger partial charge in [0.05, 0.1) is 51.2 Å². The lowest BCUT2D eigenvalue weighted by molar-refractivity contribution is -0.162. The van der Waals surface area contributed by atoms with Crippen molar-refractivity contribution in [2.45, 2.75) is 50.2 Å². The first-order valence-electron chi connectivity index (χ1n) is 10.8. The quantitative estimate of drug-likeness (QED) is 0.771. The molecule has 1 aromatic rings. The van der Waals surface area contributed by atoms with Crippen LogP contribution in [0.1, 0.15) is 24.8 Å². The topological polar surface area (TPSA) is 71.5 Å². The molecule has 8 heteroatoms. The Hall–Kier alpha value is -1.22. The number of fused-ring (bicyclic) bond motifs is 1. The number of morpholine rings is 1. The van der Waals surface area contributed by atoms with Gasteiger partial charge in [-0.1, -0.05) is 23.7 Å². The van der Waals surface area contributed by atoms with Crippen LogP contribution in [-0.2, 0) is 25.5 Å². The largest absolute Gasteiger partial charge is 0.389 e. The molecule has 166 valence electrons. The van der Waals surface area contributed by atoms with Crippen LogP contribution in [-0.4, -0.2) is 91.2 Å².